The van der Waals surface area contributed by atoms with Gasteiger partial charge in [-0.3, -0.25) is 20.4 Å². The fourth-order valence-corrected chi connectivity index (χ4v) is 2.37. The van der Waals surface area contributed by atoms with Crippen LogP contribution in [0.4, 0.5) is 0 Å². The first-order valence-electron chi connectivity index (χ1n) is 7.17. The van der Waals surface area contributed by atoms with E-state index >= 15 is 0 Å². The SMILES string of the molecule is COc1cc(CCC(=O)NNC(=O)c2cc(Br)c[nH]2)cc(OC)c1. The van der Waals surface area contributed by atoms with Gasteiger partial charge in [0.25, 0.3) is 5.91 Å². The minimum atomic E-state index is -0.419. The monoisotopic (exact) mass is 395 g/mol. The van der Waals surface area contributed by atoms with Crippen LogP contribution < -0.4 is 20.3 Å². The van der Waals surface area contributed by atoms with E-state index in [1.54, 1.807) is 32.5 Å². The first-order valence-corrected chi connectivity index (χ1v) is 7.96. The van der Waals surface area contributed by atoms with Crippen LogP contribution in [-0.2, 0) is 11.2 Å². The number of amides is 2. The van der Waals surface area contributed by atoms with Crippen LogP contribution in [0, 0.1) is 0 Å². The number of carbonyl (C=O) groups is 2. The minimum absolute atomic E-state index is 0.213. The third kappa shape index (κ3) is 5.02. The van der Waals surface area contributed by atoms with Gasteiger partial charge < -0.3 is 14.5 Å². The average molecular weight is 396 g/mol. The van der Waals surface area contributed by atoms with Crippen molar-refractivity contribution in [3.05, 3.63) is 46.2 Å². The summed E-state index contributed by atoms with van der Waals surface area (Å²) in [6, 6.07) is 7.05. The first-order chi connectivity index (χ1) is 11.5. The Morgan fingerprint density at radius 1 is 1.08 bits per heavy atom. The van der Waals surface area contributed by atoms with Crippen molar-refractivity contribution in [1.29, 1.82) is 0 Å². The largest absolute Gasteiger partial charge is 0.497 e. The fourth-order valence-electron chi connectivity index (χ4n) is 2.02. The highest BCUT2D eigenvalue weighted by atomic mass is 79.9. The van der Waals surface area contributed by atoms with E-state index < -0.39 is 5.91 Å². The number of ether oxygens (including phenoxy) is 2. The molecule has 0 bridgehead atoms. The maximum Gasteiger partial charge on any atom is 0.286 e. The summed E-state index contributed by atoms with van der Waals surface area (Å²) in [4.78, 5) is 26.4. The summed E-state index contributed by atoms with van der Waals surface area (Å²) >= 11 is 3.24. The Hall–Kier alpha value is -2.48. The highest BCUT2D eigenvalue weighted by molar-refractivity contribution is 9.10. The molecule has 0 saturated carbocycles. The molecule has 1 aromatic carbocycles. The lowest BCUT2D eigenvalue weighted by atomic mass is 10.1. The molecule has 1 aromatic heterocycles. The van der Waals surface area contributed by atoms with E-state index in [-0.39, 0.29) is 12.3 Å². The number of benzene rings is 1. The van der Waals surface area contributed by atoms with E-state index in [4.69, 9.17) is 9.47 Å². The molecule has 2 rings (SSSR count). The average Bonchev–Trinajstić information content (AvgIpc) is 3.03. The van der Waals surface area contributed by atoms with Gasteiger partial charge in [-0.2, -0.15) is 0 Å². The zero-order valence-corrected chi connectivity index (χ0v) is 14.9. The Kier molecular flexibility index (Phi) is 6.25. The molecule has 0 saturated heterocycles. The molecule has 128 valence electrons. The van der Waals surface area contributed by atoms with E-state index in [9.17, 15) is 9.59 Å². The van der Waals surface area contributed by atoms with Gasteiger partial charge in [0.05, 0.1) is 14.2 Å². The number of aryl methyl sites for hydroxylation is 1. The van der Waals surface area contributed by atoms with Gasteiger partial charge in [0.2, 0.25) is 5.91 Å². The van der Waals surface area contributed by atoms with Gasteiger partial charge in [0, 0.05) is 23.2 Å². The molecule has 2 amide bonds. The third-order valence-electron chi connectivity index (χ3n) is 3.26. The number of aromatic nitrogens is 1. The summed E-state index contributed by atoms with van der Waals surface area (Å²) in [5.74, 6) is 0.610. The summed E-state index contributed by atoms with van der Waals surface area (Å²) in [7, 11) is 3.14. The highest BCUT2D eigenvalue weighted by Gasteiger charge is 2.10. The van der Waals surface area contributed by atoms with Crippen molar-refractivity contribution >= 4 is 27.7 Å². The molecule has 0 unspecified atom stereocenters. The number of hydrogen-bond acceptors (Lipinski definition) is 4. The number of hydrazine groups is 1. The standard InChI is InChI=1S/C16H18BrN3O4/c1-23-12-5-10(6-13(8-12)24-2)3-4-15(21)19-20-16(22)14-7-11(17)9-18-14/h5-9,18H,3-4H2,1-2H3,(H,19,21)(H,20,22). The summed E-state index contributed by atoms with van der Waals surface area (Å²) in [6.45, 7) is 0. The lowest BCUT2D eigenvalue weighted by Crippen LogP contribution is -2.41. The quantitative estimate of drug-likeness (QED) is 0.653. The number of carbonyl (C=O) groups excluding carboxylic acids is 2. The van der Waals surface area contributed by atoms with Crippen LogP contribution in [0.1, 0.15) is 22.5 Å². The highest BCUT2D eigenvalue weighted by Crippen LogP contribution is 2.23. The predicted octanol–water partition coefficient (Wildman–Crippen LogP) is 2.19. The van der Waals surface area contributed by atoms with Crippen molar-refractivity contribution < 1.29 is 19.1 Å². The minimum Gasteiger partial charge on any atom is -0.497 e. The Labute approximate surface area is 147 Å². The van der Waals surface area contributed by atoms with Crippen LogP contribution in [0.2, 0.25) is 0 Å². The molecule has 7 nitrogen and oxygen atoms in total. The van der Waals surface area contributed by atoms with Crippen molar-refractivity contribution in [1.82, 2.24) is 15.8 Å². The van der Waals surface area contributed by atoms with E-state index in [2.05, 4.69) is 31.8 Å². The second-order valence-corrected chi connectivity index (χ2v) is 5.87. The van der Waals surface area contributed by atoms with Gasteiger partial charge in [-0.1, -0.05) is 0 Å². The van der Waals surface area contributed by atoms with Crippen LogP contribution in [0.3, 0.4) is 0 Å². The normalized spacial score (nSPS) is 10.1. The maximum atomic E-state index is 11.9. The zero-order chi connectivity index (χ0) is 17.5. The van der Waals surface area contributed by atoms with E-state index in [0.29, 0.717) is 23.6 Å². The van der Waals surface area contributed by atoms with Crippen LogP contribution >= 0.6 is 15.9 Å². The molecule has 24 heavy (non-hydrogen) atoms. The number of halogens is 1. The summed E-state index contributed by atoms with van der Waals surface area (Å²) in [5.41, 5.74) is 5.99. The predicted molar refractivity (Wildman–Crippen MR) is 92.0 cm³/mol. The van der Waals surface area contributed by atoms with Gasteiger partial charge in [-0.15, -0.1) is 0 Å². The molecule has 8 heteroatoms. The van der Waals surface area contributed by atoms with Gasteiger partial charge in [-0.05, 0) is 46.1 Å². The van der Waals surface area contributed by atoms with E-state index in [0.717, 1.165) is 10.0 Å². The van der Waals surface area contributed by atoms with Crippen molar-refractivity contribution in [2.24, 2.45) is 0 Å². The lowest BCUT2D eigenvalue weighted by molar-refractivity contribution is -0.121. The van der Waals surface area contributed by atoms with Gasteiger partial charge in [-0.25, -0.2) is 0 Å². The molecule has 0 aliphatic heterocycles. The number of nitrogens with one attached hydrogen (secondary N) is 3. The van der Waals surface area contributed by atoms with E-state index in [1.165, 1.54) is 0 Å². The van der Waals surface area contributed by atoms with Crippen molar-refractivity contribution in [3.8, 4) is 11.5 Å². The topological polar surface area (TPSA) is 92.5 Å². The molecule has 0 radical (unpaired) electrons. The van der Waals surface area contributed by atoms with Crippen LogP contribution in [0.25, 0.3) is 0 Å². The Morgan fingerprint density at radius 2 is 1.75 bits per heavy atom. The van der Waals surface area contributed by atoms with Crippen LogP contribution in [0.5, 0.6) is 11.5 Å². The van der Waals surface area contributed by atoms with Gasteiger partial charge in [0.1, 0.15) is 17.2 Å². The zero-order valence-electron chi connectivity index (χ0n) is 13.3. The first kappa shape index (κ1) is 17.9. The molecule has 0 fully saturated rings. The summed E-state index contributed by atoms with van der Waals surface area (Å²) in [5, 5.41) is 0. The van der Waals surface area contributed by atoms with Crippen LogP contribution in [0.15, 0.2) is 34.9 Å². The molecular formula is C16H18BrN3O4. The van der Waals surface area contributed by atoms with Crippen molar-refractivity contribution in [2.75, 3.05) is 14.2 Å². The fraction of sp³-hybridized carbons (Fsp3) is 0.250. The lowest BCUT2D eigenvalue weighted by Gasteiger charge is -2.09. The second kappa shape index (κ2) is 8.39. The molecule has 0 aliphatic carbocycles. The molecular weight excluding hydrogens is 378 g/mol. The Balaban J connectivity index is 1.84. The number of H-pyrrole nitrogens is 1. The van der Waals surface area contributed by atoms with E-state index in [1.807, 2.05) is 12.1 Å². The number of methoxy groups -OCH3 is 2. The number of rotatable bonds is 6. The number of aromatic amines is 1. The molecule has 0 atom stereocenters. The Bertz CT molecular complexity index is 708. The molecule has 1 heterocycles. The number of hydrogen-bond donors (Lipinski definition) is 3. The third-order valence-corrected chi connectivity index (χ3v) is 3.72. The van der Waals surface area contributed by atoms with Gasteiger partial charge >= 0.3 is 0 Å². The summed E-state index contributed by atoms with van der Waals surface area (Å²) in [6.07, 6.45) is 2.33. The summed E-state index contributed by atoms with van der Waals surface area (Å²) < 4.78 is 11.1. The molecule has 0 spiro atoms. The molecule has 2 aromatic rings. The molecule has 3 N–H and O–H groups in total. The van der Waals surface area contributed by atoms with Crippen molar-refractivity contribution in [3.63, 3.8) is 0 Å². The van der Waals surface area contributed by atoms with Crippen molar-refractivity contribution in [2.45, 2.75) is 12.8 Å². The van der Waals surface area contributed by atoms with Gasteiger partial charge in [0.15, 0.2) is 0 Å². The maximum absolute atomic E-state index is 11.9. The smallest absolute Gasteiger partial charge is 0.286 e. The Morgan fingerprint density at radius 3 is 2.29 bits per heavy atom. The second-order valence-electron chi connectivity index (χ2n) is 4.95. The van der Waals surface area contributed by atoms with Crippen LogP contribution in [-0.4, -0.2) is 31.0 Å². The molecule has 0 aliphatic rings.